The van der Waals surface area contributed by atoms with E-state index >= 15 is 0 Å². The molecule has 3 heteroatoms. The zero-order valence-corrected chi connectivity index (χ0v) is 5.81. The predicted molar refractivity (Wildman–Crippen MR) is 38.1 cm³/mol. The van der Waals surface area contributed by atoms with Gasteiger partial charge in [-0.1, -0.05) is 12.1 Å². The highest BCUT2D eigenvalue weighted by Gasteiger charge is 1.85. The van der Waals surface area contributed by atoms with Crippen LogP contribution in [0.25, 0.3) is 0 Å². The van der Waals surface area contributed by atoms with Gasteiger partial charge in [-0.2, -0.15) is 0 Å². The molecule has 0 atom stereocenters. The Hall–Kier alpha value is -0.890. The summed E-state index contributed by atoms with van der Waals surface area (Å²) in [6.45, 7) is 0. The Labute approximate surface area is 60.3 Å². The average molecular weight is 146 g/mol. The van der Waals surface area contributed by atoms with Gasteiger partial charge >= 0.3 is 0 Å². The maximum absolute atomic E-state index is 5.39. The first kappa shape index (κ1) is 8.11. The molecule has 0 aliphatic carbocycles. The number of hydrogen-bond donors (Lipinski definition) is 2. The van der Waals surface area contributed by atoms with Crippen molar-refractivity contribution in [3.05, 3.63) is 24.3 Å². The smallest absolute Gasteiger partial charge is 0.0903 e. The summed E-state index contributed by atoms with van der Waals surface area (Å²) < 4.78 is 0. The van der Waals surface area contributed by atoms with Crippen LogP contribution in [0.1, 0.15) is 0 Å². The molecule has 0 bridgehead atoms. The van der Waals surface area contributed by atoms with E-state index in [1.165, 1.54) is 0 Å². The maximum atomic E-state index is 5.39. The van der Waals surface area contributed by atoms with Crippen molar-refractivity contribution in [1.82, 2.24) is 0 Å². The van der Waals surface area contributed by atoms with E-state index in [1.807, 2.05) is 12.1 Å². The quantitative estimate of drug-likeness (QED) is 0.517. The molecular weight excluding hydrogens is 136 g/mol. The van der Waals surface area contributed by atoms with Gasteiger partial charge in [-0.05, 0) is 12.1 Å². The van der Waals surface area contributed by atoms with Gasteiger partial charge in [-0.25, -0.2) is 0 Å². The summed E-state index contributed by atoms with van der Waals surface area (Å²) in [5, 5.41) is 0. The first-order valence-electron chi connectivity index (χ1n) is 2.40. The molecule has 1 aromatic carbocycles. The fraction of sp³-hybridized carbons (Fsp3) is 0. The molecule has 2 nitrogen and oxygen atoms in total. The monoisotopic (exact) mass is 145 g/mol. The zero-order chi connectivity index (χ0) is 5.98. The molecule has 0 saturated heterocycles. The lowest BCUT2D eigenvalue weighted by Crippen LogP contribution is -1.91. The Balaban J connectivity index is 0.000000640. The summed E-state index contributed by atoms with van der Waals surface area (Å²) in [6.07, 6.45) is 0. The van der Waals surface area contributed by atoms with Crippen molar-refractivity contribution in [2.24, 2.45) is 0 Å². The Morgan fingerprint density at radius 2 is 1.22 bits per heavy atom. The molecule has 0 unspecified atom stereocenters. The van der Waals surface area contributed by atoms with Crippen LogP contribution in [0.5, 0.6) is 0 Å². The fourth-order valence-corrected chi connectivity index (χ4v) is 0.511. The van der Waals surface area contributed by atoms with E-state index in [2.05, 4.69) is 0 Å². The molecule has 1 aromatic rings. The molecule has 9 heavy (non-hydrogen) atoms. The summed E-state index contributed by atoms with van der Waals surface area (Å²) in [5.41, 5.74) is 12.1. The number of benzene rings is 1. The molecule has 0 radical (unpaired) electrons. The molecular formula is C6H10ClN2+. The summed E-state index contributed by atoms with van der Waals surface area (Å²) in [7, 11) is 0. The number of rotatable bonds is 0. The van der Waals surface area contributed by atoms with Gasteiger partial charge in [0, 0.05) is 0 Å². The molecule has 0 spiro atoms. The highest BCUT2D eigenvalue weighted by Crippen LogP contribution is 2.10. The number of nitrogen functional groups attached to an aromatic ring is 2. The molecule has 1 rings (SSSR count). The lowest BCUT2D eigenvalue weighted by atomic mass is 10.3. The minimum Gasteiger partial charge on any atom is -0.397 e. The predicted octanol–water partition coefficient (Wildman–Crippen LogP) is 0.316. The van der Waals surface area contributed by atoms with Crippen LogP contribution in [-0.2, 0) is 0 Å². The van der Waals surface area contributed by atoms with Gasteiger partial charge in [-0.3, -0.25) is 0 Å². The maximum Gasteiger partial charge on any atom is 0.0903 e. The second kappa shape index (κ2) is 3.20. The van der Waals surface area contributed by atoms with Crippen LogP contribution < -0.4 is 11.5 Å². The van der Waals surface area contributed by atoms with Crippen molar-refractivity contribution in [3.8, 4) is 0 Å². The highest BCUT2D eigenvalue weighted by atomic mass is 35.5. The van der Waals surface area contributed by atoms with Crippen LogP contribution in [0, 0.1) is 12.4 Å². The van der Waals surface area contributed by atoms with Gasteiger partial charge in [0.1, 0.15) is 0 Å². The first-order chi connectivity index (χ1) is 3.80. The Morgan fingerprint density at radius 3 is 1.44 bits per heavy atom. The minimum absolute atomic E-state index is 0. The van der Waals surface area contributed by atoms with Gasteiger partial charge < -0.3 is 11.5 Å². The first-order valence-corrected chi connectivity index (χ1v) is 2.40. The summed E-state index contributed by atoms with van der Waals surface area (Å²) in [6, 6.07) is 7.25. The summed E-state index contributed by atoms with van der Waals surface area (Å²) >= 11 is 0. The lowest BCUT2D eigenvalue weighted by molar-refractivity contribution is -0.00000168. The highest BCUT2D eigenvalue weighted by molar-refractivity contribution is 5.62. The van der Waals surface area contributed by atoms with Crippen LogP contribution in [0.3, 0.4) is 0 Å². The van der Waals surface area contributed by atoms with Crippen LogP contribution in [0.15, 0.2) is 24.3 Å². The van der Waals surface area contributed by atoms with Crippen molar-refractivity contribution in [3.63, 3.8) is 0 Å². The van der Waals surface area contributed by atoms with E-state index in [1.54, 1.807) is 12.1 Å². The Bertz CT molecular complexity index is 167. The molecule has 0 heterocycles. The van der Waals surface area contributed by atoms with E-state index in [9.17, 15) is 0 Å². The molecule has 0 saturated carbocycles. The average Bonchev–Trinajstić information content (AvgIpc) is 1.77. The minimum atomic E-state index is 0. The van der Waals surface area contributed by atoms with Crippen LogP contribution in [0.4, 0.5) is 11.4 Å². The number of nitrogens with two attached hydrogens (primary N) is 2. The van der Waals surface area contributed by atoms with Crippen LogP contribution >= 0.6 is 0 Å². The zero-order valence-electron chi connectivity index (χ0n) is 4.91. The third-order valence-electron chi connectivity index (χ3n) is 0.996. The molecule has 0 aliphatic heterocycles. The van der Waals surface area contributed by atoms with Gasteiger partial charge in [0.25, 0.3) is 0 Å². The number of hydrogen-bond acceptors (Lipinski definition) is 2. The van der Waals surface area contributed by atoms with Gasteiger partial charge in [0.05, 0.1) is 23.8 Å². The van der Waals surface area contributed by atoms with E-state index in [-0.39, 0.29) is 12.4 Å². The van der Waals surface area contributed by atoms with Crippen molar-refractivity contribution in [2.45, 2.75) is 0 Å². The summed E-state index contributed by atoms with van der Waals surface area (Å²) in [5.74, 6) is 0. The normalized spacial score (nSPS) is 8.00. The van der Waals surface area contributed by atoms with Crippen molar-refractivity contribution in [1.29, 1.82) is 0 Å². The molecule has 0 aliphatic rings. The fourth-order valence-electron chi connectivity index (χ4n) is 0.511. The van der Waals surface area contributed by atoms with E-state index in [0.717, 1.165) is 0 Å². The number of halogens is 1. The second-order valence-electron chi connectivity index (χ2n) is 1.63. The number of para-hydroxylation sites is 2. The number of anilines is 2. The molecule has 50 valence electrons. The lowest BCUT2D eigenvalue weighted by Gasteiger charge is -1.94. The van der Waals surface area contributed by atoms with E-state index in [0.29, 0.717) is 11.4 Å². The van der Waals surface area contributed by atoms with Gasteiger partial charge in [0.15, 0.2) is 0 Å². The van der Waals surface area contributed by atoms with E-state index in [4.69, 9.17) is 11.5 Å². The topological polar surface area (TPSA) is 52.0 Å². The molecule has 0 fully saturated rings. The third-order valence-corrected chi connectivity index (χ3v) is 0.996. The van der Waals surface area contributed by atoms with Crippen molar-refractivity contribution < 1.29 is 12.4 Å². The van der Waals surface area contributed by atoms with Gasteiger partial charge in [-0.15, -0.1) is 0 Å². The molecule has 4 N–H and O–H groups in total. The third kappa shape index (κ3) is 1.82. The second-order valence-corrected chi connectivity index (χ2v) is 1.63. The summed E-state index contributed by atoms with van der Waals surface area (Å²) in [4.78, 5) is 0. The SMILES string of the molecule is Nc1ccccc1N.[ClH2+]. The van der Waals surface area contributed by atoms with E-state index < -0.39 is 0 Å². The largest absolute Gasteiger partial charge is 0.397 e. The molecule has 0 aromatic heterocycles. The Morgan fingerprint density at radius 1 is 0.889 bits per heavy atom. The van der Waals surface area contributed by atoms with Gasteiger partial charge in [0.2, 0.25) is 0 Å². The van der Waals surface area contributed by atoms with Crippen molar-refractivity contribution >= 4 is 11.4 Å². The molecule has 0 amide bonds. The van der Waals surface area contributed by atoms with Crippen LogP contribution in [-0.4, -0.2) is 0 Å². The van der Waals surface area contributed by atoms with Crippen molar-refractivity contribution in [2.75, 3.05) is 11.5 Å². The standard InChI is InChI=1S/C6H8N2.ClH2/c7-5-3-1-2-4-6(5)8;/h1-4H,7-8H2;1H2/q;+1. The Kier molecular flexibility index (Phi) is 2.88. The van der Waals surface area contributed by atoms with Crippen LogP contribution in [0.2, 0.25) is 0 Å².